The van der Waals surface area contributed by atoms with Gasteiger partial charge >= 0.3 is 0 Å². The van der Waals surface area contributed by atoms with E-state index in [1.807, 2.05) is 24.3 Å². The Hall–Kier alpha value is -1.56. The Bertz CT molecular complexity index is 627. The monoisotopic (exact) mass is 371 g/mol. The molecule has 122 valence electrons. The molecule has 1 aromatic carbocycles. The summed E-state index contributed by atoms with van der Waals surface area (Å²) in [5.74, 6) is 1.66. The van der Waals surface area contributed by atoms with E-state index in [1.165, 1.54) is 6.33 Å². The van der Waals surface area contributed by atoms with E-state index in [0.29, 0.717) is 22.7 Å². The largest absolute Gasteiger partial charge is 0.369 e. The van der Waals surface area contributed by atoms with Crippen LogP contribution in [-0.2, 0) is 0 Å². The Morgan fingerprint density at radius 1 is 1.09 bits per heavy atom. The van der Waals surface area contributed by atoms with Crippen LogP contribution in [0, 0.1) is 0 Å². The third-order valence-electron chi connectivity index (χ3n) is 2.99. The average molecular weight is 373 g/mol. The number of nitrogens with zero attached hydrogens (tertiary/aromatic N) is 4. The smallest absolute Gasteiger partial charge is 0.151 e. The van der Waals surface area contributed by atoms with Crippen molar-refractivity contribution in [2.75, 3.05) is 35.2 Å². The molecule has 23 heavy (non-hydrogen) atoms. The molecule has 0 aliphatic carbocycles. The Kier molecular flexibility index (Phi) is 7.39. The fourth-order valence-electron chi connectivity index (χ4n) is 1.91. The van der Waals surface area contributed by atoms with Crippen LogP contribution in [-0.4, -0.2) is 41.0 Å². The van der Waals surface area contributed by atoms with E-state index in [1.54, 1.807) is 12.3 Å². The van der Waals surface area contributed by atoms with Crippen molar-refractivity contribution >= 4 is 52.5 Å². The first-order chi connectivity index (χ1) is 11.2. The number of hydrazone groups is 1. The lowest BCUT2D eigenvalue weighted by atomic mass is 10.2. The summed E-state index contributed by atoms with van der Waals surface area (Å²) in [6.45, 7) is 1.52. The minimum Gasteiger partial charge on any atom is -0.369 e. The third kappa shape index (κ3) is 5.86. The molecule has 0 bridgehead atoms. The summed E-state index contributed by atoms with van der Waals surface area (Å²) in [5.41, 5.74) is 4.84. The number of alkyl halides is 2. The molecule has 0 spiro atoms. The van der Waals surface area contributed by atoms with Crippen LogP contribution in [0.3, 0.4) is 0 Å². The summed E-state index contributed by atoms with van der Waals surface area (Å²) in [7, 11) is 0. The van der Waals surface area contributed by atoms with E-state index in [-0.39, 0.29) is 0 Å². The fraction of sp³-hybridized carbons (Fsp3) is 0.267. The van der Waals surface area contributed by atoms with Crippen molar-refractivity contribution in [3.63, 3.8) is 0 Å². The Morgan fingerprint density at radius 3 is 2.39 bits per heavy atom. The maximum atomic E-state index is 5.82. The maximum Gasteiger partial charge on any atom is 0.151 e. The number of anilines is 2. The van der Waals surface area contributed by atoms with Gasteiger partial charge in [-0.2, -0.15) is 5.10 Å². The van der Waals surface area contributed by atoms with E-state index in [2.05, 4.69) is 25.4 Å². The topological polar surface area (TPSA) is 53.4 Å². The molecule has 0 radical (unpaired) electrons. The van der Waals surface area contributed by atoms with Gasteiger partial charge in [0, 0.05) is 36.6 Å². The van der Waals surface area contributed by atoms with Crippen molar-refractivity contribution in [2.24, 2.45) is 5.10 Å². The van der Waals surface area contributed by atoms with Gasteiger partial charge in [0.1, 0.15) is 11.5 Å². The molecular weight excluding hydrogens is 357 g/mol. The van der Waals surface area contributed by atoms with Gasteiger partial charge in [0.05, 0.1) is 6.21 Å². The Morgan fingerprint density at radius 2 is 1.78 bits per heavy atom. The molecule has 2 rings (SSSR count). The van der Waals surface area contributed by atoms with Crippen LogP contribution in [0.5, 0.6) is 0 Å². The highest BCUT2D eigenvalue weighted by Gasteiger charge is 2.04. The summed E-state index contributed by atoms with van der Waals surface area (Å²) in [4.78, 5) is 9.94. The van der Waals surface area contributed by atoms with E-state index in [4.69, 9.17) is 34.8 Å². The zero-order valence-electron chi connectivity index (χ0n) is 12.3. The van der Waals surface area contributed by atoms with Crippen LogP contribution in [0.15, 0.2) is 41.8 Å². The first-order valence-electron chi connectivity index (χ1n) is 6.96. The van der Waals surface area contributed by atoms with Gasteiger partial charge in [-0.1, -0.05) is 23.7 Å². The number of rotatable bonds is 8. The normalized spacial score (nSPS) is 10.9. The summed E-state index contributed by atoms with van der Waals surface area (Å²) < 4.78 is 0. The van der Waals surface area contributed by atoms with Crippen LogP contribution in [0.4, 0.5) is 11.5 Å². The number of nitrogens with one attached hydrogen (secondary N) is 1. The Balaban J connectivity index is 1.97. The molecule has 0 unspecified atom stereocenters. The molecule has 0 amide bonds. The number of benzene rings is 1. The molecule has 2 aromatic rings. The number of hydrogen-bond donors (Lipinski definition) is 1. The standard InChI is InChI=1S/C15H16Cl3N5/c16-5-7-23(8-6-17)13-3-1-12(2-4-13)10-21-22-15-9-14(18)19-11-20-15/h1-4,9-11H,5-8H2,(H,19,20,22)/b21-10-. The summed E-state index contributed by atoms with van der Waals surface area (Å²) in [5, 5.41) is 4.48. The van der Waals surface area contributed by atoms with E-state index >= 15 is 0 Å². The summed E-state index contributed by atoms with van der Waals surface area (Å²) >= 11 is 17.4. The van der Waals surface area contributed by atoms with Gasteiger partial charge < -0.3 is 4.90 Å². The van der Waals surface area contributed by atoms with Gasteiger partial charge in [0.2, 0.25) is 0 Å². The lowest BCUT2D eigenvalue weighted by molar-refractivity contribution is 0.874. The molecule has 0 saturated heterocycles. The maximum absolute atomic E-state index is 5.82. The van der Waals surface area contributed by atoms with Crippen molar-refractivity contribution in [3.05, 3.63) is 47.4 Å². The number of halogens is 3. The van der Waals surface area contributed by atoms with Crippen LogP contribution in [0.2, 0.25) is 5.15 Å². The summed E-state index contributed by atoms with van der Waals surface area (Å²) in [6.07, 6.45) is 3.07. The molecule has 1 aromatic heterocycles. The summed E-state index contributed by atoms with van der Waals surface area (Å²) in [6, 6.07) is 9.58. The minimum atomic E-state index is 0.362. The SMILES string of the molecule is ClCCN(CCCl)c1ccc(/C=N\Nc2cc(Cl)ncn2)cc1. The Labute approximate surface area is 150 Å². The number of aromatic nitrogens is 2. The molecule has 0 aliphatic rings. The molecule has 5 nitrogen and oxygen atoms in total. The highest BCUT2D eigenvalue weighted by atomic mass is 35.5. The molecule has 1 heterocycles. The van der Waals surface area contributed by atoms with Gasteiger partial charge in [-0.15, -0.1) is 23.2 Å². The molecule has 8 heteroatoms. The predicted molar refractivity (Wildman–Crippen MR) is 98.4 cm³/mol. The second kappa shape index (κ2) is 9.55. The quantitative estimate of drug-likeness (QED) is 0.331. The highest BCUT2D eigenvalue weighted by molar-refractivity contribution is 6.29. The number of hydrogen-bond acceptors (Lipinski definition) is 5. The lowest BCUT2D eigenvalue weighted by Crippen LogP contribution is -2.27. The molecule has 0 fully saturated rings. The zero-order chi connectivity index (χ0) is 16.5. The molecular formula is C15H16Cl3N5. The van der Waals surface area contributed by atoms with Crippen molar-refractivity contribution in [2.45, 2.75) is 0 Å². The second-order valence-electron chi connectivity index (χ2n) is 4.55. The first kappa shape index (κ1) is 17.8. The third-order valence-corrected chi connectivity index (χ3v) is 3.54. The van der Waals surface area contributed by atoms with Crippen molar-refractivity contribution < 1.29 is 0 Å². The van der Waals surface area contributed by atoms with Crippen molar-refractivity contribution in [3.8, 4) is 0 Å². The molecule has 0 atom stereocenters. The fourth-order valence-corrected chi connectivity index (χ4v) is 2.47. The van der Waals surface area contributed by atoms with E-state index < -0.39 is 0 Å². The minimum absolute atomic E-state index is 0.362. The van der Waals surface area contributed by atoms with Gasteiger partial charge in [0.25, 0.3) is 0 Å². The van der Waals surface area contributed by atoms with Crippen LogP contribution in [0.1, 0.15) is 5.56 Å². The molecule has 1 N–H and O–H groups in total. The second-order valence-corrected chi connectivity index (χ2v) is 5.70. The van der Waals surface area contributed by atoms with Crippen molar-refractivity contribution in [1.82, 2.24) is 9.97 Å². The van der Waals surface area contributed by atoms with Crippen LogP contribution in [0.25, 0.3) is 0 Å². The highest BCUT2D eigenvalue weighted by Crippen LogP contribution is 2.15. The molecule has 0 aliphatic heterocycles. The van der Waals surface area contributed by atoms with Gasteiger partial charge in [-0.25, -0.2) is 9.97 Å². The lowest BCUT2D eigenvalue weighted by Gasteiger charge is -2.22. The van der Waals surface area contributed by atoms with Crippen LogP contribution >= 0.6 is 34.8 Å². The van der Waals surface area contributed by atoms with Crippen LogP contribution < -0.4 is 10.3 Å². The van der Waals surface area contributed by atoms with E-state index in [0.717, 1.165) is 24.3 Å². The zero-order valence-corrected chi connectivity index (χ0v) is 14.6. The average Bonchev–Trinajstić information content (AvgIpc) is 2.55. The first-order valence-corrected chi connectivity index (χ1v) is 8.41. The predicted octanol–water partition coefficient (Wildman–Crippen LogP) is 3.86. The molecule has 0 saturated carbocycles. The van der Waals surface area contributed by atoms with Crippen molar-refractivity contribution in [1.29, 1.82) is 0 Å². The van der Waals surface area contributed by atoms with E-state index in [9.17, 15) is 0 Å². The van der Waals surface area contributed by atoms with Gasteiger partial charge in [-0.05, 0) is 17.7 Å². The van der Waals surface area contributed by atoms with Gasteiger partial charge in [-0.3, -0.25) is 5.43 Å². The van der Waals surface area contributed by atoms with Gasteiger partial charge in [0.15, 0.2) is 5.82 Å².